The molecule has 3 rings (SSSR count). The lowest BCUT2D eigenvalue weighted by atomic mass is 10.0. The number of thioether (sulfide) groups is 1. The molecule has 0 spiro atoms. The van der Waals surface area contributed by atoms with E-state index in [1.807, 2.05) is 36.0 Å². The topological polar surface area (TPSA) is 29.5 Å². The summed E-state index contributed by atoms with van der Waals surface area (Å²) >= 11 is 7.97. The highest BCUT2D eigenvalue weighted by Gasteiger charge is 2.43. The molecule has 1 aliphatic carbocycles. The van der Waals surface area contributed by atoms with Gasteiger partial charge in [-0.3, -0.25) is 4.79 Å². The lowest BCUT2D eigenvalue weighted by Gasteiger charge is -2.42. The van der Waals surface area contributed by atoms with Gasteiger partial charge in [-0.05, 0) is 36.5 Å². The molecule has 0 N–H and O–H groups in total. The summed E-state index contributed by atoms with van der Waals surface area (Å²) in [6.45, 7) is 7.47. The van der Waals surface area contributed by atoms with Gasteiger partial charge in [0.05, 0.1) is 12.6 Å². The molecule has 132 valence electrons. The first kappa shape index (κ1) is 18.1. The Kier molecular flexibility index (Phi) is 5.48. The van der Waals surface area contributed by atoms with Crippen LogP contribution in [-0.2, 0) is 9.53 Å². The van der Waals surface area contributed by atoms with Crippen molar-refractivity contribution in [2.75, 3.05) is 19.0 Å². The minimum absolute atomic E-state index is 0.00492. The number of hydrogen-bond acceptors (Lipinski definition) is 3. The molecule has 5 heteroatoms. The predicted molar refractivity (Wildman–Crippen MR) is 101 cm³/mol. The van der Waals surface area contributed by atoms with Gasteiger partial charge in [0.25, 0.3) is 0 Å². The first-order chi connectivity index (χ1) is 11.3. The Morgan fingerprint density at radius 2 is 1.96 bits per heavy atom. The minimum atomic E-state index is -0.00492. The number of ether oxygens (including phenoxy) is 1. The van der Waals surface area contributed by atoms with Crippen molar-refractivity contribution in [3.63, 3.8) is 0 Å². The fourth-order valence-corrected chi connectivity index (χ4v) is 4.43. The van der Waals surface area contributed by atoms with Crippen molar-refractivity contribution in [3.05, 3.63) is 34.9 Å². The lowest BCUT2D eigenvalue weighted by molar-refractivity contribution is -0.152. The van der Waals surface area contributed by atoms with Gasteiger partial charge in [-0.1, -0.05) is 44.5 Å². The maximum Gasteiger partial charge on any atom is 0.249 e. The van der Waals surface area contributed by atoms with E-state index in [1.165, 1.54) is 12.8 Å². The van der Waals surface area contributed by atoms with E-state index in [0.717, 1.165) is 16.3 Å². The quantitative estimate of drug-likeness (QED) is 0.764. The second-order valence-corrected chi connectivity index (χ2v) is 9.99. The van der Waals surface area contributed by atoms with E-state index < -0.39 is 0 Å². The molecule has 1 amide bonds. The molecule has 0 bridgehead atoms. The van der Waals surface area contributed by atoms with Crippen LogP contribution < -0.4 is 0 Å². The average molecular weight is 368 g/mol. The maximum absolute atomic E-state index is 12.7. The van der Waals surface area contributed by atoms with Crippen molar-refractivity contribution < 1.29 is 9.53 Å². The molecule has 1 saturated carbocycles. The Bertz CT molecular complexity index is 580. The van der Waals surface area contributed by atoms with Crippen LogP contribution >= 0.6 is 23.4 Å². The summed E-state index contributed by atoms with van der Waals surface area (Å²) in [7, 11) is 0. The Hall–Kier alpha value is -0.710. The number of rotatable bonds is 5. The molecule has 3 nitrogen and oxygen atoms in total. The molecule has 1 aromatic rings. The molecule has 0 radical (unpaired) electrons. The van der Waals surface area contributed by atoms with Crippen molar-refractivity contribution in [1.29, 1.82) is 0 Å². The number of carbonyl (C=O) groups excluding carboxylic acids is 1. The molecule has 2 fully saturated rings. The summed E-state index contributed by atoms with van der Waals surface area (Å²) in [5, 5.41) is 0.718. The molecule has 2 aliphatic rings. The van der Waals surface area contributed by atoms with Gasteiger partial charge >= 0.3 is 0 Å². The van der Waals surface area contributed by atoms with Crippen LogP contribution in [0.25, 0.3) is 0 Å². The zero-order valence-electron chi connectivity index (χ0n) is 14.6. The molecular formula is C19H26ClNO2S. The van der Waals surface area contributed by atoms with Crippen LogP contribution in [0, 0.1) is 5.92 Å². The Labute approximate surface area is 154 Å². The normalized spacial score (nSPS) is 23.4. The van der Waals surface area contributed by atoms with Gasteiger partial charge < -0.3 is 9.64 Å². The number of amides is 1. The summed E-state index contributed by atoms with van der Waals surface area (Å²) in [6.07, 6.45) is 2.46. The van der Waals surface area contributed by atoms with Gasteiger partial charge in [0.1, 0.15) is 6.61 Å². The molecule has 1 saturated heterocycles. The Morgan fingerprint density at radius 1 is 1.29 bits per heavy atom. The fourth-order valence-electron chi connectivity index (χ4n) is 3.20. The van der Waals surface area contributed by atoms with Gasteiger partial charge in [-0.15, -0.1) is 0 Å². The number of benzene rings is 1. The third-order valence-electron chi connectivity index (χ3n) is 4.59. The standard InChI is InChI=1S/C19H26ClNO2S/c1-19(2,3)24-12-17(14-4-5-14)21-16(10-23-11-18(21)22)13-6-8-15(20)9-7-13/h6-9,14,16-17H,4-5,10-12H2,1-3H3. The van der Waals surface area contributed by atoms with Gasteiger partial charge in [0, 0.05) is 21.6 Å². The zero-order valence-corrected chi connectivity index (χ0v) is 16.2. The van der Waals surface area contributed by atoms with E-state index in [9.17, 15) is 4.79 Å². The van der Waals surface area contributed by atoms with Gasteiger partial charge in [0.2, 0.25) is 5.91 Å². The van der Waals surface area contributed by atoms with Crippen molar-refractivity contribution >= 4 is 29.3 Å². The predicted octanol–water partition coefficient (Wildman–Crippen LogP) is 4.55. The second-order valence-electron chi connectivity index (χ2n) is 7.71. The number of morpholine rings is 1. The molecule has 1 heterocycles. The van der Waals surface area contributed by atoms with E-state index >= 15 is 0 Å². The highest BCUT2D eigenvalue weighted by molar-refractivity contribution is 8.00. The minimum Gasteiger partial charge on any atom is -0.369 e. The van der Waals surface area contributed by atoms with Crippen molar-refractivity contribution in [3.8, 4) is 0 Å². The third kappa shape index (κ3) is 4.47. The molecule has 2 atom stereocenters. The molecule has 2 unspecified atom stereocenters. The smallest absolute Gasteiger partial charge is 0.249 e. The van der Waals surface area contributed by atoms with Crippen LogP contribution in [0.2, 0.25) is 5.02 Å². The van der Waals surface area contributed by atoms with Gasteiger partial charge in [0.15, 0.2) is 0 Å². The van der Waals surface area contributed by atoms with Crippen molar-refractivity contribution in [2.24, 2.45) is 5.92 Å². The van der Waals surface area contributed by atoms with Gasteiger partial charge in [-0.2, -0.15) is 11.8 Å². The molecule has 24 heavy (non-hydrogen) atoms. The van der Waals surface area contributed by atoms with Crippen molar-refractivity contribution in [1.82, 2.24) is 4.90 Å². The van der Waals surface area contributed by atoms with E-state index in [2.05, 4.69) is 25.7 Å². The Balaban J connectivity index is 1.84. The fraction of sp³-hybridized carbons (Fsp3) is 0.632. The largest absolute Gasteiger partial charge is 0.369 e. The molecule has 0 aromatic heterocycles. The van der Waals surface area contributed by atoms with E-state index in [0.29, 0.717) is 18.6 Å². The molecular weight excluding hydrogens is 342 g/mol. The SMILES string of the molecule is CC(C)(C)SCC(C1CC1)N1C(=O)COCC1c1ccc(Cl)cc1. The lowest BCUT2D eigenvalue weighted by Crippen LogP contribution is -2.51. The second kappa shape index (κ2) is 7.27. The van der Waals surface area contributed by atoms with Crippen LogP contribution in [0.3, 0.4) is 0 Å². The summed E-state index contributed by atoms with van der Waals surface area (Å²) in [4.78, 5) is 14.8. The highest BCUT2D eigenvalue weighted by atomic mass is 35.5. The summed E-state index contributed by atoms with van der Waals surface area (Å²) < 4.78 is 5.78. The summed E-state index contributed by atoms with van der Waals surface area (Å²) in [5.74, 6) is 1.74. The van der Waals surface area contributed by atoms with E-state index in [-0.39, 0.29) is 23.3 Å². The summed E-state index contributed by atoms with van der Waals surface area (Å²) in [6, 6.07) is 8.11. The first-order valence-corrected chi connectivity index (χ1v) is 10.00. The van der Waals surface area contributed by atoms with E-state index in [4.69, 9.17) is 16.3 Å². The monoisotopic (exact) mass is 367 g/mol. The summed E-state index contributed by atoms with van der Waals surface area (Å²) in [5.41, 5.74) is 1.11. The van der Waals surface area contributed by atoms with Crippen LogP contribution in [0.1, 0.15) is 45.2 Å². The number of carbonyl (C=O) groups is 1. The van der Waals surface area contributed by atoms with Crippen molar-refractivity contribution in [2.45, 2.75) is 50.4 Å². The average Bonchev–Trinajstić information content (AvgIpc) is 3.33. The molecule has 1 aromatic carbocycles. The zero-order chi connectivity index (χ0) is 17.3. The van der Waals surface area contributed by atoms with Crippen LogP contribution in [0.15, 0.2) is 24.3 Å². The van der Waals surface area contributed by atoms with E-state index in [1.54, 1.807) is 0 Å². The highest BCUT2D eigenvalue weighted by Crippen LogP contribution is 2.42. The number of nitrogens with zero attached hydrogens (tertiary/aromatic N) is 1. The number of hydrogen-bond donors (Lipinski definition) is 0. The van der Waals surface area contributed by atoms with Crippen LogP contribution in [0.4, 0.5) is 0 Å². The third-order valence-corrected chi connectivity index (χ3v) is 6.22. The first-order valence-electron chi connectivity index (χ1n) is 8.63. The number of halogens is 1. The van der Waals surface area contributed by atoms with Gasteiger partial charge in [-0.25, -0.2) is 0 Å². The molecule has 1 aliphatic heterocycles. The maximum atomic E-state index is 12.7. The van der Waals surface area contributed by atoms with Crippen LogP contribution in [-0.4, -0.2) is 40.6 Å². The van der Waals surface area contributed by atoms with Crippen LogP contribution in [0.5, 0.6) is 0 Å². The Morgan fingerprint density at radius 3 is 2.54 bits per heavy atom.